The summed E-state index contributed by atoms with van der Waals surface area (Å²) in [4.78, 5) is 10.6. The maximum Gasteiger partial charge on any atom is 0.333 e. The molecule has 2 nitrogen and oxygen atoms in total. The molecule has 0 aliphatic heterocycles. The van der Waals surface area contributed by atoms with Crippen LogP contribution in [0.1, 0.15) is 6.42 Å². The monoisotopic (exact) mass is 170 g/mol. The second kappa shape index (κ2) is 4.49. The molecule has 0 aromatic rings. The van der Waals surface area contributed by atoms with Gasteiger partial charge in [-0.2, -0.15) is 4.39 Å². The zero-order valence-electron chi connectivity index (χ0n) is 6.75. The highest BCUT2D eigenvalue weighted by molar-refractivity contribution is 5.81. The highest BCUT2D eigenvalue weighted by atomic mass is 19.2. The summed E-state index contributed by atoms with van der Waals surface area (Å²) in [6.45, 7) is 9.66. The number of rotatable bonds is 5. The van der Waals surface area contributed by atoms with Crippen molar-refractivity contribution in [3.63, 3.8) is 0 Å². The fourth-order valence-electron chi connectivity index (χ4n) is 0.572. The lowest BCUT2D eigenvalue weighted by Gasteiger charge is -2.18. The Kier molecular flexibility index (Phi) is 3.97. The van der Waals surface area contributed by atoms with Crippen molar-refractivity contribution in [1.82, 2.24) is 0 Å². The van der Waals surface area contributed by atoms with Gasteiger partial charge >= 0.3 is 5.97 Å². The number of hydrogen-bond donors (Lipinski definition) is 0. The Morgan fingerprint density at radius 1 is 1.50 bits per heavy atom. The topological polar surface area (TPSA) is 26.3 Å². The molecule has 0 saturated carbocycles. The summed E-state index contributed by atoms with van der Waals surface area (Å²) in [7, 11) is 0. The molecule has 1 atom stereocenters. The second-order valence-electron chi connectivity index (χ2n) is 2.11. The summed E-state index contributed by atoms with van der Waals surface area (Å²) in [5, 5.41) is 0. The number of carbonyl (C=O) groups is 1. The van der Waals surface area contributed by atoms with Crippen LogP contribution in [0.15, 0.2) is 38.0 Å². The Morgan fingerprint density at radius 2 is 2.08 bits per heavy atom. The Hall–Kier alpha value is -1.38. The van der Waals surface area contributed by atoms with Crippen molar-refractivity contribution in [3.8, 4) is 0 Å². The third kappa shape index (κ3) is 3.14. The fourth-order valence-corrected chi connectivity index (χ4v) is 0.572. The average Bonchev–Trinajstić information content (AvgIpc) is 2.05. The third-order valence-electron chi connectivity index (χ3n) is 1.16. The summed E-state index contributed by atoms with van der Waals surface area (Å²) in [5.41, 5.74) is 0. The van der Waals surface area contributed by atoms with Gasteiger partial charge in [-0.3, -0.25) is 0 Å². The molecule has 0 radical (unpaired) electrons. The third-order valence-corrected chi connectivity index (χ3v) is 1.16. The molecule has 0 spiro atoms. The second-order valence-corrected chi connectivity index (χ2v) is 2.11. The molecule has 0 saturated heterocycles. The van der Waals surface area contributed by atoms with Gasteiger partial charge in [-0.1, -0.05) is 19.2 Å². The zero-order valence-corrected chi connectivity index (χ0v) is 6.75. The molecule has 0 bridgehead atoms. The van der Waals surface area contributed by atoms with E-state index < -0.39 is 11.8 Å². The molecule has 0 N–H and O–H groups in total. The van der Waals surface area contributed by atoms with Crippen LogP contribution >= 0.6 is 0 Å². The highest BCUT2D eigenvalue weighted by Crippen LogP contribution is 2.20. The van der Waals surface area contributed by atoms with Gasteiger partial charge in [0.05, 0.1) is 0 Å². The molecule has 0 aromatic carbocycles. The first-order valence-electron chi connectivity index (χ1n) is 3.37. The SMILES string of the molecule is C=CCC(F)(C=C)OC(=O)C=C. The van der Waals surface area contributed by atoms with Crippen LogP contribution in [-0.4, -0.2) is 11.8 Å². The standard InChI is InChI=1S/C9H11FO2/c1-4-7-9(10,6-3)12-8(11)5-2/h4-6H,1-3,7H2. The van der Waals surface area contributed by atoms with Gasteiger partial charge in [-0.05, 0) is 6.08 Å². The van der Waals surface area contributed by atoms with Crippen molar-refractivity contribution in [2.75, 3.05) is 0 Å². The average molecular weight is 170 g/mol. The van der Waals surface area contributed by atoms with Gasteiger partial charge in [0, 0.05) is 12.5 Å². The Morgan fingerprint density at radius 3 is 2.42 bits per heavy atom. The number of carbonyl (C=O) groups excluding carboxylic acids is 1. The van der Waals surface area contributed by atoms with Crippen molar-refractivity contribution in [1.29, 1.82) is 0 Å². The molecule has 0 aromatic heterocycles. The van der Waals surface area contributed by atoms with E-state index >= 15 is 0 Å². The van der Waals surface area contributed by atoms with E-state index in [4.69, 9.17) is 0 Å². The number of esters is 1. The van der Waals surface area contributed by atoms with Gasteiger partial charge in [-0.25, -0.2) is 4.79 Å². The van der Waals surface area contributed by atoms with Gasteiger partial charge in [-0.15, -0.1) is 6.58 Å². The normalized spacial score (nSPS) is 14.1. The van der Waals surface area contributed by atoms with Gasteiger partial charge in [0.2, 0.25) is 0 Å². The van der Waals surface area contributed by atoms with Gasteiger partial charge in [0.1, 0.15) is 0 Å². The van der Waals surface area contributed by atoms with E-state index in [1.807, 2.05) is 0 Å². The molecule has 0 aliphatic rings. The smallest absolute Gasteiger partial charge is 0.333 e. The molecule has 0 heterocycles. The molecule has 0 amide bonds. The summed E-state index contributed by atoms with van der Waals surface area (Å²) in [5.74, 6) is -2.98. The van der Waals surface area contributed by atoms with E-state index in [0.717, 1.165) is 12.2 Å². The summed E-state index contributed by atoms with van der Waals surface area (Å²) in [6, 6.07) is 0. The quantitative estimate of drug-likeness (QED) is 0.359. The van der Waals surface area contributed by atoms with Crippen molar-refractivity contribution in [2.45, 2.75) is 12.3 Å². The highest BCUT2D eigenvalue weighted by Gasteiger charge is 2.27. The van der Waals surface area contributed by atoms with E-state index in [1.165, 1.54) is 6.08 Å². The lowest BCUT2D eigenvalue weighted by molar-refractivity contribution is -0.164. The first kappa shape index (κ1) is 10.6. The van der Waals surface area contributed by atoms with E-state index in [0.29, 0.717) is 0 Å². The minimum Gasteiger partial charge on any atom is -0.421 e. The maximum absolute atomic E-state index is 13.3. The number of halogens is 1. The van der Waals surface area contributed by atoms with Crippen LogP contribution in [0.25, 0.3) is 0 Å². The van der Waals surface area contributed by atoms with Crippen LogP contribution < -0.4 is 0 Å². The fraction of sp³-hybridized carbons (Fsp3) is 0.222. The predicted octanol–water partition coefficient (Wildman–Crippen LogP) is 2.14. The van der Waals surface area contributed by atoms with Gasteiger partial charge in [0.25, 0.3) is 5.85 Å². The first-order valence-corrected chi connectivity index (χ1v) is 3.37. The molecule has 1 unspecified atom stereocenters. The van der Waals surface area contributed by atoms with Crippen LogP contribution in [-0.2, 0) is 9.53 Å². The number of hydrogen-bond acceptors (Lipinski definition) is 2. The van der Waals surface area contributed by atoms with Gasteiger partial charge in [0.15, 0.2) is 0 Å². The minimum atomic E-state index is -2.16. The Labute approximate surface area is 71.0 Å². The van der Waals surface area contributed by atoms with Gasteiger partial charge < -0.3 is 4.74 Å². The Balaban J connectivity index is 4.31. The van der Waals surface area contributed by atoms with Crippen LogP contribution in [0.4, 0.5) is 4.39 Å². The van der Waals surface area contributed by atoms with Crippen LogP contribution in [0.5, 0.6) is 0 Å². The number of alkyl halides is 1. The summed E-state index contributed by atoms with van der Waals surface area (Å²) < 4.78 is 17.6. The van der Waals surface area contributed by atoms with Crippen molar-refractivity contribution >= 4 is 5.97 Å². The van der Waals surface area contributed by atoms with E-state index in [1.54, 1.807) is 0 Å². The minimum absolute atomic E-state index is 0.115. The van der Waals surface area contributed by atoms with E-state index in [-0.39, 0.29) is 6.42 Å². The largest absolute Gasteiger partial charge is 0.421 e. The van der Waals surface area contributed by atoms with E-state index in [2.05, 4.69) is 24.5 Å². The maximum atomic E-state index is 13.3. The van der Waals surface area contributed by atoms with Crippen molar-refractivity contribution in [2.24, 2.45) is 0 Å². The molecule has 66 valence electrons. The summed E-state index contributed by atoms with van der Waals surface area (Å²) in [6.07, 6.45) is 2.99. The van der Waals surface area contributed by atoms with Crippen molar-refractivity contribution < 1.29 is 13.9 Å². The molecule has 12 heavy (non-hydrogen) atoms. The van der Waals surface area contributed by atoms with E-state index in [9.17, 15) is 9.18 Å². The molecule has 0 fully saturated rings. The summed E-state index contributed by atoms with van der Waals surface area (Å²) >= 11 is 0. The molecule has 3 heteroatoms. The van der Waals surface area contributed by atoms with Crippen LogP contribution in [0.2, 0.25) is 0 Å². The lowest BCUT2D eigenvalue weighted by atomic mass is 10.2. The zero-order chi connectivity index (χ0) is 9.61. The predicted molar refractivity (Wildman–Crippen MR) is 45.1 cm³/mol. The van der Waals surface area contributed by atoms with Crippen LogP contribution in [0, 0.1) is 0 Å². The Bertz CT molecular complexity index is 211. The lowest BCUT2D eigenvalue weighted by Crippen LogP contribution is -2.25. The van der Waals surface area contributed by atoms with Crippen molar-refractivity contribution in [3.05, 3.63) is 38.0 Å². The first-order chi connectivity index (χ1) is 5.58. The molecule has 0 aliphatic carbocycles. The van der Waals surface area contributed by atoms with Crippen LogP contribution in [0.3, 0.4) is 0 Å². The molecular weight excluding hydrogens is 159 g/mol. The molecular formula is C9H11FO2. The molecule has 0 rings (SSSR count). The number of ether oxygens (including phenoxy) is 1.